The fraction of sp³-hybridized carbons (Fsp3) is 0.393. The van der Waals surface area contributed by atoms with Crippen LogP contribution in [-0.2, 0) is 0 Å². The third-order valence-electron chi connectivity index (χ3n) is 15.6. The van der Waals surface area contributed by atoms with Crippen LogP contribution >= 0.6 is 0 Å². The van der Waals surface area contributed by atoms with Crippen molar-refractivity contribution in [1.29, 1.82) is 0 Å². The zero-order chi connectivity index (χ0) is 44.7. The van der Waals surface area contributed by atoms with E-state index in [2.05, 4.69) is 90.4 Å². The summed E-state index contributed by atoms with van der Waals surface area (Å²) in [5.74, 6) is 5.70. The molecule has 0 N–H and O–H groups in total. The number of fused-ring (bicyclic) bond motifs is 8. The Labute approximate surface area is 388 Å². The van der Waals surface area contributed by atoms with Gasteiger partial charge in [-0.1, -0.05) is 87.4 Å². The molecular formula is C56H60N6O4. The standard InChI is InChI=1S/C56H60N6O4/c1-5-35-33-61-27-23-39(35)29-49(61)52(43-21-25-57-47-19-17-41(63-3)31-45(43)47)65-55-51(37-13-9-7-10-14-37)56(60-54(59-55)38-15-11-8-12-16-38)66-53(50-30-40-24-28-62(50)34-36(40)6-2)44-22-26-58-48-20-18-42(64-4)32-46(44)48/h7-22,25-26,31-32,35-36,39-40,49-50,52-53H,5-6,23-24,27-30,33-34H2,1-4H3/t35?,36?,39-,40?,49?,50+,52-,53-/m0/s1. The van der Waals surface area contributed by atoms with Crippen molar-refractivity contribution in [3.8, 4) is 45.8 Å². The van der Waals surface area contributed by atoms with Crippen molar-refractivity contribution < 1.29 is 18.9 Å². The molecule has 7 aromatic rings. The van der Waals surface area contributed by atoms with Gasteiger partial charge in [-0.25, -0.2) is 0 Å². The Kier molecular flexibility index (Phi) is 11.8. The van der Waals surface area contributed by atoms with E-state index in [9.17, 15) is 0 Å². The number of nitrogens with zero attached hydrogens (tertiary/aromatic N) is 6. The fourth-order valence-corrected chi connectivity index (χ4v) is 12.1. The highest BCUT2D eigenvalue weighted by Gasteiger charge is 2.47. The normalized spacial score (nSPS) is 25.4. The summed E-state index contributed by atoms with van der Waals surface area (Å²) in [7, 11) is 3.44. The predicted molar refractivity (Wildman–Crippen MR) is 260 cm³/mol. The molecule has 338 valence electrons. The molecule has 10 atom stereocenters. The molecule has 10 nitrogen and oxygen atoms in total. The average molecular weight is 881 g/mol. The SMILES string of the molecule is CCC1CN2CCC1C[C@@H]2[C@@H](Oc1nc(-c2ccccc2)nc(O[C@@H](c2ccnc3ccc(OC)cc23)C2C[C@@H]3CCN2CC3CC)c1-c1ccccc1)c1ccnc2ccc(OC)cc12. The minimum Gasteiger partial charge on any atom is -0.497 e. The summed E-state index contributed by atoms with van der Waals surface area (Å²) in [5, 5.41) is 2.02. The molecule has 3 aromatic heterocycles. The summed E-state index contributed by atoms with van der Waals surface area (Å²) in [6.07, 6.45) is 9.90. The van der Waals surface area contributed by atoms with Crippen LogP contribution in [0.25, 0.3) is 44.3 Å². The van der Waals surface area contributed by atoms with Gasteiger partial charge in [0, 0.05) is 52.9 Å². The van der Waals surface area contributed by atoms with Crippen molar-refractivity contribution in [3.63, 3.8) is 0 Å². The first-order valence-corrected chi connectivity index (χ1v) is 24.2. The lowest BCUT2D eigenvalue weighted by molar-refractivity contribution is -0.0510. The Morgan fingerprint density at radius 3 is 1.47 bits per heavy atom. The Hall–Kier alpha value is -6.10. The van der Waals surface area contributed by atoms with E-state index >= 15 is 0 Å². The molecule has 66 heavy (non-hydrogen) atoms. The summed E-state index contributed by atoms with van der Waals surface area (Å²) in [4.78, 5) is 26.0. The molecular weight excluding hydrogens is 821 g/mol. The van der Waals surface area contributed by atoms with Crippen LogP contribution in [0.1, 0.15) is 75.7 Å². The molecule has 0 radical (unpaired) electrons. The first-order valence-electron chi connectivity index (χ1n) is 24.2. The maximum atomic E-state index is 7.76. The first-order chi connectivity index (χ1) is 32.5. The number of pyridine rings is 2. The lowest BCUT2D eigenvalue weighted by atomic mass is 9.72. The maximum Gasteiger partial charge on any atom is 0.229 e. The number of rotatable bonds is 14. The van der Waals surface area contributed by atoms with Crippen LogP contribution < -0.4 is 18.9 Å². The van der Waals surface area contributed by atoms with Gasteiger partial charge in [0.15, 0.2) is 5.82 Å². The number of methoxy groups -OCH3 is 2. The van der Waals surface area contributed by atoms with Gasteiger partial charge in [0.2, 0.25) is 11.8 Å². The second-order valence-corrected chi connectivity index (χ2v) is 18.9. The third-order valence-corrected chi connectivity index (χ3v) is 15.6. The highest BCUT2D eigenvalue weighted by molar-refractivity contribution is 5.85. The average Bonchev–Trinajstić information content (AvgIpc) is 3.39. The van der Waals surface area contributed by atoms with Gasteiger partial charge >= 0.3 is 0 Å². The number of hydrogen-bond acceptors (Lipinski definition) is 10. The van der Waals surface area contributed by atoms with E-state index in [4.69, 9.17) is 38.9 Å². The molecule has 9 heterocycles. The largest absolute Gasteiger partial charge is 0.497 e. The maximum absolute atomic E-state index is 7.76. The van der Waals surface area contributed by atoms with E-state index in [1.807, 2.05) is 54.9 Å². The van der Waals surface area contributed by atoms with Crippen LogP contribution in [-0.4, -0.2) is 82.2 Å². The second kappa shape index (κ2) is 18.3. The van der Waals surface area contributed by atoms with E-state index in [0.29, 0.717) is 41.3 Å². The van der Waals surface area contributed by atoms with Crippen LogP contribution in [0.15, 0.2) is 122 Å². The molecule has 0 aliphatic carbocycles. The lowest BCUT2D eigenvalue weighted by Crippen LogP contribution is -2.56. The quantitative estimate of drug-likeness (QED) is 0.105. The van der Waals surface area contributed by atoms with Gasteiger partial charge < -0.3 is 18.9 Å². The Morgan fingerprint density at radius 1 is 0.576 bits per heavy atom. The van der Waals surface area contributed by atoms with Crippen molar-refractivity contribution in [3.05, 3.63) is 133 Å². The lowest BCUT2D eigenvalue weighted by Gasteiger charge is -2.52. The topological polar surface area (TPSA) is 95.0 Å². The third kappa shape index (κ3) is 7.91. The Morgan fingerprint density at radius 2 is 1.05 bits per heavy atom. The van der Waals surface area contributed by atoms with Crippen molar-refractivity contribution in [1.82, 2.24) is 29.7 Å². The van der Waals surface area contributed by atoms with Crippen molar-refractivity contribution >= 4 is 21.8 Å². The van der Waals surface area contributed by atoms with Gasteiger partial charge in [0.05, 0.1) is 37.3 Å². The van der Waals surface area contributed by atoms with E-state index in [1.165, 1.54) is 25.7 Å². The van der Waals surface area contributed by atoms with Crippen LogP contribution in [0, 0.1) is 23.7 Å². The zero-order valence-corrected chi connectivity index (χ0v) is 38.6. The van der Waals surface area contributed by atoms with Gasteiger partial charge in [-0.2, -0.15) is 9.97 Å². The Balaban J connectivity index is 1.13. The highest BCUT2D eigenvalue weighted by Crippen LogP contribution is 2.50. The smallest absolute Gasteiger partial charge is 0.229 e. The molecule has 10 heteroatoms. The molecule has 4 aromatic carbocycles. The van der Waals surface area contributed by atoms with Crippen LogP contribution in [0.4, 0.5) is 0 Å². The second-order valence-electron chi connectivity index (χ2n) is 18.9. The molecule has 6 aliphatic heterocycles. The van der Waals surface area contributed by atoms with Crippen molar-refractivity contribution in [2.75, 3.05) is 40.4 Å². The van der Waals surface area contributed by atoms with Crippen LogP contribution in [0.5, 0.6) is 23.3 Å². The van der Waals surface area contributed by atoms with E-state index in [-0.39, 0.29) is 12.1 Å². The summed E-state index contributed by atoms with van der Waals surface area (Å²) in [6, 6.07) is 37.4. The number of hydrogen-bond donors (Lipinski definition) is 0. The predicted octanol–water partition coefficient (Wildman–Crippen LogP) is 11.4. The first kappa shape index (κ1) is 42.5. The molecule has 6 fully saturated rings. The van der Waals surface area contributed by atoms with E-state index < -0.39 is 12.2 Å². The van der Waals surface area contributed by atoms with Gasteiger partial charge in [-0.05, 0) is 117 Å². The molecule has 6 aliphatic rings. The minimum absolute atomic E-state index is 0.106. The molecule has 6 unspecified atom stereocenters. The molecule has 13 rings (SSSR count). The number of benzene rings is 4. The monoisotopic (exact) mass is 880 g/mol. The number of aromatic nitrogens is 4. The highest BCUT2D eigenvalue weighted by atomic mass is 16.5. The van der Waals surface area contributed by atoms with Gasteiger partial charge in [0.25, 0.3) is 0 Å². The molecule has 4 bridgehead atoms. The molecule has 0 saturated carbocycles. The molecule has 6 saturated heterocycles. The Bertz CT molecular complexity index is 2680. The van der Waals surface area contributed by atoms with Crippen LogP contribution in [0.3, 0.4) is 0 Å². The van der Waals surface area contributed by atoms with Gasteiger partial charge in [-0.3, -0.25) is 19.8 Å². The van der Waals surface area contributed by atoms with Crippen LogP contribution in [0.2, 0.25) is 0 Å². The number of piperidine rings is 6. The number of ether oxygens (including phenoxy) is 4. The van der Waals surface area contributed by atoms with E-state index in [1.54, 1.807) is 14.2 Å². The fourth-order valence-electron chi connectivity index (χ4n) is 12.1. The molecule has 0 amide bonds. The van der Waals surface area contributed by atoms with Crippen molar-refractivity contribution in [2.24, 2.45) is 23.7 Å². The van der Waals surface area contributed by atoms with E-state index in [0.717, 1.165) is 100 Å². The van der Waals surface area contributed by atoms with Gasteiger partial charge in [0.1, 0.15) is 29.3 Å². The molecule has 0 spiro atoms. The van der Waals surface area contributed by atoms with Crippen molar-refractivity contribution in [2.45, 2.75) is 76.7 Å². The summed E-state index contributed by atoms with van der Waals surface area (Å²) in [5.41, 5.74) is 6.48. The zero-order valence-electron chi connectivity index (χ0n) is 38.6. The summed E-state index contributed by atoms with van der Waals surface area (Å²) < 4.78 is 27.2. The summed E-state index contributed by atoms with van der Waals surface area (Å²) >= 11 is 0. The van der Waals surface area contributed by atoms with Gasteiger partial charge in [-0.15, -0.1) is 0 Å². The summed E-state index contributed by atoms with van der Waals surface area (Å²) in [6.45, 7) is 8.88. The minimum atomic E-state index is -0.393.